The summed E-state index contributed by atoms with van der Waals surface area (Å²) in [7, 11) is 18.4. The molecule has 0 saturated carbocycles. The maximum Gasteiger partial charge on any atom is 0.203 e. The van der Waals surface area contributed by atoms with Gasteiger partial charge in [-0.25, -0.2) is 0 Å². The maximum absolute atomic E-state index is 10.6. The highest BCUT2D eigenvalue weighted by Crippen LogP contribution is 2.44. The number of rotatable bonds is 42. The Kier molecular flexibility index (Phi) is 31.9. The Balaban J connectivity index is 0.000000291. The summed E-state index contributed by atoms with van der Waals surface area (Å²) in [6.07, 6.45) is 4.56. The van der Waals surface area contributed by atoms with Crippen molar-refractivity contribution in [1.82, 2.24) is 0 Å². The SMILES string of the molecule is COc1cc(COc2cc(C[C@@H](CO)[C@H](CCCO)Cc3ccc(O)c(OCc4cc(OC)c(OC)c(OC)c4)c3)ccc2O)cc(OC)c1OC.COc1cc(COc2cc(C[C@H](CO)[C@@H](CCCO)Cc3ccc(O)c(OCc4cc(OC)c(OC)c(OC)c4)c3)ccc2O)cc(OC)c1OC. The lowest BCUT2D eigenvalue weighted by molar-refractivity contribution is 0.158. The summed E-state index contributed by atoms with van der Waals surface area (Å²) >= 11 is 0. The van der Waals surface area contributed by atoms with Crippen molar-refractivity contribution < 1.29 is 117 Å². The number of phenolic OH excluding ortho intramolecular Hbond substituents is 4. The molecule has 8 N–H and O–H groups in total. The van der Waals surface area contributed by atoms with E-state index in [9.17, 15) is 40.9 Å². The van der Waals surface area contributed by atoms with Gasteiger partial charge in [0.2, 0.25) is 23.0 Å². The Morgan fingerprint density at radius 2 is 0.433 bits per heavy atom. The number of aliphatic hydroxyl groups is 4. The van der Waals surface area contributed by atoms with E-state index in [-0.39, 0.29) is 99.5 Å². The molecule has 0 radical (unpaired) electrons. The summed E-state index contributed by atoms with van der Waals surface area (Å²) in [6.45, 7) is 0.360. The van der Waals surface area contributed by atoms with E-state index in [2.05, 4.69) is 0 Å². The highest BCUT2D eigenvalue weighted by atomic mass is 16.6. The number of aliphatic hydroxyl groups excluding tert-OH is 4. The van der Waals surface area contributed by atoms with Crippen molar-refractivity contribution in [3.63, 3.8) is 0 Å². The van der Waals surface area contributed by atoms with E-state index >= 15 is 0 Å². The smallest absolute Gasteiger partial charge is 0.203 e. The van der Waals surface area contributed by atoms with E-state index in [1.54, 1.807) is 97.1 Å². The molecule has 24 nitrogen and oxygen atoms in total. The molecule has 0 heterocycles. The lowest BCUT2D eigenvalue weighted by atomic mass is 9.80. The van der Waals surface area contributed by atoms with Gasteiger partial charge in [0.25, 0.3) is 0 Å². The molecule has 0 aliphatic heterocycles. The third kappa shape index (κ3) is 21.8. The first kappa shape index (κ1) is 80.9. The summed E-state index contributed by atoms with van der Waals surface area (Å²) in [5, 5.41) is 83.2. The Labute approximate surface area is 608 Å². The molecular weight excluding hydrogens is 1340 g/mol. The van der Waals surface area contributed by atoms with Crippen LogP contribution in [0.1, 0.15) is 70.2 Å². The zero-order valence-corrected chi connectivity index (χ0v) is 61.3. The molecule has 0 fully saturated rings. The molecule has 564 valence electrons. The van der Waals surface area contributed by atoms with Gasteiger partial charge in [0.1, 0.15) is 26.4 Å². The predicted octanol–water partition coefficient (Wildman–Crippen LogP) is 12.2. The molecule has 24 heteroatoms. The van der Waals surface area contributed by atoms with Crippen molar-refractivity contribution >= 4 is 0 Å². The average molecular weight is 1450 g/mol. The minimum Gasteiger partial charge on any atom is -0.504 e. The van der Waals surface area contributed by atoms with Crippen LogP contribution in [0.2, 0.25) is 0 Å². The van der Waals surface area contributed by atoms with Crippen LogP contribution in [0.4, 0.5) is 0 Å². The van der Waals surface area contributed by atoms with E-state index in [1.807, 2.05) is 24.3 Å². The number of phenols is 4. The number of benzene rings is 8. The van der Waals surface area contributed by atoms with Crippen LogP contribution in [0.25, 0.3) is 0 Å². The molecule has 0 unspecified atom stereocenters. The van der Waals surface area contributed by atoms with Crippen molar-refractivity contribution in [3.05, 3.63) is 166 Å². The number of aromatic hydroxyl groups is 4. The Bertz CT molecular complexity index is 3630. The van der Waals surface area contributed by atoms with E-state index in [0.29, 0.717) is 143 Å². The van der Waals surface area contributed by atoms with Gasteiger partial charge in [-0.1, -0.05) is 24.3 Å². The van der Waals surface area contributed by atoms with Gasteiger partial charge in [-0.05, 0) is 217 Å². The first-order chi connectivity index (χ1) is 50.4. The second-order valence-electron chi connectivity index (χ2n) is 24.5. The normalized spacial score (nSPS) is 12.1. The van der Waals surface area contributed by atoms with Gasteiger partial charge in [-0.15, -0.1) is 0 Å². The molecule has 0 bridgehead atoms. The Morgan fingerprint density at radius 1 is 0.240 bits per heavy atom. The van der Waals surface area contributed by atoms with Gasteiger partial charge < -0.3 is 117 Å². The lowest BCUT2D eigenvalue weighted by Crippen LogP contribution is -2.23. The third-order valence-corrected chi connectivity index (χ3v) is 17.8. The molecule has 0 aromatic heterocycles. The fourth-order valence-corrected chi connectivity index (χ4v) is 12.4. The van der Waals surface area contributed by atoms with Gasteiger partial charge >= 0.3 is 0 Å². The molecule has 0 spiro atoms. The Morgan fingerprint density at radius 3 is 0.606 bits per heavy atom. The maximum atomic E-state index is 10.6. The van der Waals surface area contributed by atoms with Crippen molar-refractivity contribution in [1.29, 1.82) is 0 Å². The van der Waals surface area contributed by atoms with Crippen LogP contribution < -0.4 is 75.8 Å². The average Bonchev–Trinajstić information content (AvgIpc) is 0.841. The van der Waals surface area contributed by atoms with Crippen LogP contribution in [-0.4, -0.2) is 153 Å². The molecule has 0 aliphatic carbocycles. The molecule has 0 saturated heterocycles. The standard InChI is InChI=1S/2C40H50O12/c2*1-45-35-18-27(19-36(46-2)39(35)49-5)23-51-33-16-25(9-11-31(33)43)14-29(8-7-13-41)30(22-42)15-26-10-12-32(44)34(17-26)52-24-28-20-37(47-3)40(50-6)38(21-28)48-4/h2*9-12,16-21,29-30,41-44H,7-8,13-15,22-24H2,1-6H3/t2*29-,30+/m10/s1. The largest absolute Gasteiger partial charge is 0.504 e. The molecule has 4 atom stereocenters. The summed E-state index contributed by atoms with van der Waals surface area (Å²) in [6, 6.07) is 35.0. The molecular formula is C80H100O24. The second-order valence-corrected chi connectivity index (χ2v) is 24.5. The number of methoxy groups -OCH3 is 12. The number of hydrogen-bond donors (Lipinski definition) is 8. The van der Waals surface area contributed by atoms with Crippen molar-refractivity contribution in [2.24, 2.45) is 23.7 Å². The van der Waals surface area contributed by atoms with Crippen LogP contribution in [0, 0.1) is 23.7 Å². The van der Waals surface area contributed by atoms with Gasteiger partial charge in [0.05, 0.1) is 85.3 Å². The number of ether oxygens (including phenoxy) is 16. The van der Waals surface area contributed by atoms with Crippen molar-refractivity contribution in [2.45, 2.75) is 77.8 Å². The van der Waals surface area contributed by atoms with E-state index < -0.39 is 0 Å². The van der Waals surface area contributed by atoms with Crippen molar-refractivity contribution in [2.75, 3.05) is 112 Å². The summed E-state index contributed by atoms with van der Waals surface area (Å²) < 4.78 is 89.4. The molecule has 104 heavy (non-hydrogen) atoms. The van der Waals surface area contributed by atoms with Crippen LogP contribution in [-0.2, 0) is 52.1 Å². The summed E-state index contributed by atoms with van der Waals surface area (Å²) in [5.74, 6) is 6.53. The molecule has 8 rings (SSSR count). The zero-order valence-electron chi connectivity index (χ0n) is 61.3. The fraction of sp³-hybridized carbons (Fsp3) is 0.400. The van der Waals surface area contributed by atoms with Crippen molar-refractivity contribution in [3.8, 4) is 115 Å². The zero-order chi connectivity index (χ0) is 75.2. The molecule has 8 aromatic carbocycles. The number of hydrogen-bond acceptors (Lipinski definition) is 24. The predicted molar refractivity (Wildman–Crippen MR) is 390 cm³/mol. The van der Waals surface area contributed by atoms with Crippen LogP contribution >= 0.6 is 0 Å². The topological polar surface area (TPSA) is 310 Å². The molecule has 0 aliphatic rings. The van der Waals surface area contributed by atoms with Crippen LogP contribution in [0.3, 0.4) is 0 Å². The van der Waals surface area contributed by atoms with Gasteiger partial charge in [-0.3, -0.25) is 0 Å². The van der Waals surface area contributed by atoms with Gasteiger partial charge in [0, 0.05) is 26.4 Å². The van der Waals surface area contributed by atoms with Gasteiger partial charge in [0.15, 0.2) is 92.0 Å². The van der Waals surface area contributed by atoms with E-state index in [0.717, 1.165) is 44.5 Å². The Hall–Kier alpha value is -10.4. The monoisotopic (exact) mass is 1440 g/mol. The molecule has 8 aromatic rings. The van der Waals surface area contributed by atoms with E-state index in [4.69, 9.17) is 75.8 Å². The highest BCUT2D eigenvalue weighted by molar-refractivity contribution is 5.57. The first-order valence-corrected chi connectivity index (χ1v) is 33.8. The summed E-state index contributed by atoms with van der Waals surface area (Å²) in [4.78, 5) is 0. The lowest BCUT2D eigenvalue weighted by Gasteiger charge is -2.26. The minimum atomic E-state index is -0.184. The van der Waals surface area contributed by atoms with Gasteiger partial charge in [-0.2, -0.15) is 0 Å². The fourth-order valence-electron chi connectivity index (χ4n) is 12.4. The van der Waals surface area contributed by atoms with Crippen LogP contribution in [0.5, 0.6) is 115 Å². The van der Waals surface area contributed by atoms with E-state index in [1.165, 1.54) is 85.3 Å². The minimum absolute atomic E-state index is 0.00930. The highest BCUT2D eigenvalue weighted by Gasteiger charge is 2.27. The summed E-state index contributed by atoms with van der Waals surface area (Å²) in [5.41, 5.74) is 6.53. The van der Waals surface area contributed by atoms with Crippen LogP contribution in [0.15, 0.2) is 121 Å². The molecule has 0 amide bonds. The third-order valence-electron chi connectivity index (χ3n) is 17.8. The first-order valence-electron chi connectivity index (χ1n) is 33.8. The second kappa shape index (κ2) is 41.0. The quantitative estimate of drug-likeness (QED) is 0.0176.